The molecule has 0 N–H and O–H groups in total. The first-order valence-electron chi connectivity index (χ1n) is 6.97. The molecule has 19 heavy (non-hydrogen) atoms. The number of ketones is 1. The average Bonchev–Trinajstić information content (AvgIpc) is 2.43. The molecule has 3 heteroatoms. The number of carbonyl (C=O) groups is 1. The Morgan fingerprint density at radius 3 is 2.53 bits per heavy atom. The zero-order valence-corrected chi connectivity index (χ0v) is 12.7. The molecule has 0 spiro atoms. The van der Waals surface area contributed by atoms with Crippen molar-refractivity contribution in [3.05, 3.63) is 23.8 Å². The fourth-order valence-corrected chi connectivity index (χ4v) is 2.21. The molecule has 0 bridgehead atoms. The van der Waals surface area contributed by atoms with E-state index in [0.717, 1.165) is 25.2 Å². The van der Waals surface area contributed by atoms with Crippen molar-refractivity contribution < 1.29 is 9.53 Å². The molecule has 1 aromatic carbocycles. The number of rotatable bonds is 7. The van der Waals surface area contributed by atoms with Crippen LogP contribution in [0.5, 0.6) is 5.75 Å². The van der Waals surface area contributed by atoms with Gasteiger partial charge < -0.3 is 9.64 Å². The average molecular weight is 263 g/mol. The van der Waals surface area contributed by atoms with E-state index in [2.05, 4.69) is 25.7 Å². The SMILES string of the molecule is CCC(C)CN(CC)c1cccc(OC)c1C(C)=O. The molecule has 0 saturated carbocycles. The van der Waals surface area contributed by atoms with Gasteiger partial charge in [0.15, 0.2) is 5.78 Å². The van der Waals surface area contributed by atoms with Gasteiger partial charge in [0, 0.05) is 13.1 Å². The first-order chi connectivity index (χ1) is 9.04. The largest absolute Gasteiger partial charge is 0.496 e. The van der Waals surface area contributed by atoms with E-state index < -0.39 is 0 Å². The van der Waals surface area contributed by atoms with Crippen LogP contribution in [0.3, 0.4) is 0 Å². The molecule has 0 radical (unpaired) electrons. The molecule has 1 atom stereocenters. The summed E-state index contributed by atoms with van der Waals surface area (Å²) in [4.78, 5) is 14.2. The van der Waals surface area contributed by atoms with Crippen molar-refractivity contribution in [3.63, 3.8) is 0 Å². The van der Waals surface area contributed by atoms with Crippen molar-refractivity contribution in [2.24, 2.45) is 5.92 Å². The van der Waals surface area contributed by atoms with E-state index in [4.69, 9.17) is 4.74 Å². The number of hydrogen-bond donors (Lipinski definition) is 0. The lowest BCUT2D eigenvalue weighted by molar-refractivity contribution is 0.101. The number of anilines is 1. The fourth-order valence-electron chi connectivity index (χ4n) is 2.21. The van der Waals surface area contributed by atoms with Crippen molar-refractivity contribution in [3.8, 4) is 5.75 Å². The van der Waals surface area contributed by atoms with Crippen LogP contribution in [0.1, 0.15) is 44.5 Å². The molecule has 106 valence electrons. The van der Waals surface area contributed by atoms with Gasteiger partial charge >= 0.3 is 0 Å². The number of ether oxygens (including phenoxy) is 1. The van der Waals surface area contributed by atoms with E-state index in [0.29, 0.717) is 17.2 Å². The van der Waals surface area contributed by atoms with Gasteiger partial charge in [0.2, 0.25) is 0 Å². The third-order valence-corrected chi connectivity index (χ3v) is 3.53. The fraction of sp³-hybridized carbons (Fsp3) is 0.562. The molecular weight excluding hydrogens is 238 g/mol. The number of hydrogen-bond acceptors (Lipinski definition) is 3. The van der Waals surface area contributed by atoms with Crippen LogP contribution in [-0.4, -0.2) is 26.0 Å². The maximum absolute atomic E-state index is 11.9. The Morgan fingerprint density at radius 1 is 1.37 bits per heavy atom. The number of Topliss-reactive ketones (excluding diaryl/α,β-unsaturated/α-hetero) is 1. The van der Waals surface area contributed by atoms with Crippen molar-refractivity contribution in [2.45, 2.75) is 34.1 Å². The Labute approximate surface area is 116 Å². The van der Waals surface area contributed by atoms with E-state index >= 15 is 0 Å². The van der Waals surface area contributed by atoms with E-state index in [9.17, 15) is 4.79 Å². The van der Waals surface area contributed by atoms with E-state index in [1.807, 2.05) is 18.2 Å². The summed E-state index contributed by atoms with van der Waals surface area (Å²) in [7, 11) is 1.61. The molecule has 1 aromatic rings. The molecule has 0 aliphatic rings. The summed E-state index contributed by atoms with van der Waals surface area (Å²) in [6.45, 7) is 9.98. The first kappa shape index (κ1) is 15.5. The summed E-state index contributed by atoms with van der Waals surface area (Å²) in [5.41, 5.74) is 1.67. The van der Waals surface area contributed by atoms with Crippen LogP contribution in [0.25, 0.3) is 0 Å². The highest BCUT2D eigenvalue weighted by atomic mass is 16.5. The zero-order valence-electron chi connectivity index (χ0n) is 12.7. The van der Waals surface area contributed by atoms with Gasteiger partial charge in [-0.25, -0.2) is 0 Å². The predicted octanol–water partition coefficient (Wildman–Crippen LogP) is 3.77. The van der Waals surface area contributed by atoms with Crippen molar-refractivity contribution in [1.29, 1.82) is 0 Å². The Bertz CT molecular complexity index is 429. The lowest BCUT2D eigenvalue weighted by Crippen LogP contribution is -2.29. The standard InChI is InChI=1S/C16H25NO2/c1-6-12(3)11-17(7-2)14-9-8-10-15(19-5)16(14)13(4)18/h8-10,12H,6-7,11H2,1-5H3. The second-order valence-electron chi connectivity index (χ2n) is 4.96. The molecule has 0 amide bonds. The van der Waals surface area contributed by atoms with Crippen molar-refractivity contribution >= 4 is 11.5 Å². The third kappa shape index (κ3) is 3.72. The zero-order chi connectivity index (χ0) is 14.4. The first-order valence-corrected chi connectivity index (χ1v) is 6.97. The van der Waals surface area contributed by atoms with Crippen LogP contribution >= 0.6 is 0 Å². The molecule has 0 aliphatic carbocycles. The Morgan fingerprint density at radius 2 is 2.05 bits per heavy atom. The lowest BCUT2D eigenvalue weighted by Gasteiger charge is -2.28. The van der Waals surface area contributed by atoms with Crippen LogP contribution in [0, 0.1) is 5.92 Å². The van der Waals surface area contributed by atoms with Crippen LogP contribution in [0.15, 0.2) is 18.2 Å². The number of methoxy groups -OCH3 is 1. The molecule has 0 saturated heterocycles. The smallest absolute Gasteiger partial charge is 0.165 e. The van der Waals surface area contributed by atoms with Gasteiger partial charge in [-0.1, -0.05) is 26.3 Å². The molecule has 1 unspecified atom stereocenters. The molecule has 1 rings (SSSR count). The minimum absolute atomic E-state index is 0.0510. The highest BCUT2D eigenvalue weighted by Gasteiger charge is 2.18. The Hall–Kier alpha value is -1.51. The van der Waals surface area contributed by atoms with Crippen molar-refractivity contribution in [2.75, 3.05) is 25.1 Å². The van der Waals surface area contributed by atoms with E-state index in [1.165, 1.54) is 0 Å². The highest BCUT2D eigenvalue weighted by Crippen LogP contribution is 2.30. The summed E-state index contributed by atoms with van der Waals surface area (Å²) in [6.07, 6.45) is 1.13. The molecule has 0 aliphatic heterocycles. The number of benzene rings is 1. The maximum Gasteiger partial charge on any atom is 0.165 e. The normalized spacial score (nSPS) is 12.1. The van der Waals surface area contributed by atoms with Gasteiger partial charge in [-0.05, 0) is 31.9 Å². The maximum atomic E-state index is 11.9. The second-order valence-corrected chi connectivity index (χ2v) is 4.96. The lowest BCUT2D eigenvalue weighted by atomic mass is 10.0. The molecular formula is C16H25NO2. The Balaban J connectivity index is 3.19. The van der Waals surface area contributed by atoms with Crippen LogP contribution in [0.2, 0.25) is 0 Å². The monoisotopic (exact) mass is 263 g/mol. The van der Waals surface area contributed by atoms with Crippen LogP contribution in [0.4, 0.5) is 5.69 Å². The van der Waals surface area contributed by atoms with Gasteiger partial charge in [-0.3, -0.25) is 4.79 Å². The topological polar surface area (TPSA) is 29.5 Å². The third-order valence-electron chi connectivity index (χ3n) is 3.53. The number of carbonyl (C=O) groups excluding carboxylic acids is 1. The highest BCUT2D eigenvalue weighted by molar-refractivity contribution is 6.02. The Kier molecular flexibility index (Phi) is 5.87. The number of nitrogens with zero attached hydrogens (tertiary/aromatic N) is 1. The second kappa shape index (κ2) is 7.17. The van der Waals surface area contributed by atoms with Crippen molar-refractivity contribution in [1.82, 2.24) is 0 Å². The van der Waals surface area contributed by atoms with Gasteiger partial charge in [0.25, 0.3) is 0 Å². The molecule has 3 nitrogen and oxygen atoms in total. The predicted molar refractivity (Wildman–Crippen MR) is 80.3 cm³/mol. The molecule has 0 fully saturated rings. The summed E-state index contributed by atoms with van der Waals surface area (Å²) in [5.74, 6) is 1.31. The van der Waals surface area contributed by atoms with Gasteiger partial charge in [0.05, 0.1) is 18.4 Å². The molecule has 0 heterocycles. The van der Waals surface area contributed by atoms with E-state index in [1.54, 1.807) is 14.0 Å². The van der Waals surface area contributed by atoms with Crippen LogP contribution < -0.4 is 9.64 Å². The quantitative estimate of drug-likeness (QED) is 0.701. The summed E-state index contributed by atoms with van der Waals surface area (Å²) in [6, 6.07) is 5.79. The summed E-state index contributed by atoms with van der Waals surface area (Å²) >= 11 is 0. The van der Waals surface area contributed by atoms with E-state index in [-0.39, 0.29) is 5.78 Å². The minimum atomic E-state index is 0.0510. The van der Waals surface area contributed by atoms with Crippen LogP contribution in [-0.2, 0) is 0 Å². The molecule has 0 aromatic heterocycles. The van der Waals surface area contributed by atoms with Gasteiger partial charge in [-0.15, -0.1) is 0 Å². The van der Waals surface area contributed by atoms with Gasteiger partial charge in [0.1, 0.15) is 5.75 Å². The minimum Gasteiger partial charge on any atom is -0.496 e. The van der Waals surface area contributed by atoms with Gasteiger partial charge in [-0.2, -0.15) is 0 Å². The summed E-state index contributed by atoms with van der Waals surface area (Å²) < 4.78 is 5.33. The summed E-state index contributed by atoms with van der Waals surface area (Å²) in [5, 5.41) is 0.